The van der Waals surface area contributed by atoms with Crippen LogP contribution in [0.15, 0.2) is 16.8 Å². The third-order valence-electron chi connectivity index (χ3n) is 1.97. The number of thiophene rings is 1. The Morgan fingerprint density at radius 3 is 2.69 bits per heavy atom. The van der Waals surface area contributed by atoms with Gasteiger partial charge in [-0.2, -0.15) is 11.3 Å². The largest absolute Gasteiger partial charge is 1.00 e. The number of hydrogen-bond donors (Lipinski definition) is 0. The minimum Gasteiger partial charge on any atom is -0.748 e. The summed E-state index contributed by atoms with van der Waals surface area (Å²) in [5.74, 6) is -0.277. The molecule has 0 unspecified atom stereocenters. The molecule has 1 heterocycles. The van der Waals surface area contributed by atoms with Crippen LogP contribution in [0.3, 0.4) is 0 Å². The van der Waals surface area contributed by atoms with Gasteiger partial charge in [-0.1, -0.05) is 0 Å². The van der Waals surface area contributed by atoms with E-state index in [1.807, 2.05) is 23.4 Å². The second-order valence-corrected chi connectivity index (χ2v) is 5.79. The molecule has 0 aliphatic rings. The molecule has 86 valence electrons. The van der Waals surface area contributed by atoms with Crippen molar-refractivity contribution in [1.82, 2.24) is 4.90 Å². The number of rotatable bonds is 6. The Labute approximate surface area is 123 Å². The van der Waals surface area contributed by atoms with Gasteiger partial charge in [0.2, 0.25) is 0 Å². The van der Waals surface area contributed by atoms with Crippen molar-refractivity contribution in [1.29, 1.82) is 0 Å². The topological polar surface area (TPSA) is 60.4 Å². The van der Waals surface area contributed by atoms with Crippen LogP contribution in [-0.4, -0.2) is 37.2 Å². The molecule has 0 radical (unpaired) electrons. The average Bonchev–Trinajstić information content (AvgIpc) is 2.54. The molecule has 0 saturated carbocycles. The van der Waals surface area contributed by atoms with E-state index in [1.54, 1.807) is 11.3 Å². The smallest absolute Gasteiger partial charge is 0.748 e. The van der Waals surface area contributed by atoms with E-state index in [9.17, 15) is 13.0 Å². The summed E-state index contributed by atoms with van der Waals surface area (Å²) in [6.45, 7) is 1.42. The maximum absolute atomic E-state index is 10.4. The van der Waals surface area contributed by atoms with Crippen molar-refractivity contribution in [3.05, 3.63) is 22.4 Å². The molecule has 0 spiro atoms. The fourth-order valence-corrected chi connectivity index (χ4v) is 2.43. The van der Waals surface area contributed by atoms with Crippen molar-refractivity contribution >= 4 is 21.5 Å². The predicted octanol–water partition coefficient (Wildman–Crippen LogP) is -1.88. The molecular formula is C9H14NNaO3S2. The summed E-state index contributed by atoms with van der Waals surface area (Å²) in [4.78, 5) is 2.01. The van der Waals surface area contributed by atoms with Crippen LogP contribution in [0.4, 0.5) is 0 Å². The molecule has 0 bridgehead atoms. The van der Waals surface area contributed by atoms with Gasteiger partial charge >= 0.3 is 29.6 Å². The van der Waals surface area contributed by atoms with Gasteiger partial charge in [0.15, 0.2) is 0 Å². The minimum atomic E-state index is -4.06. The Kier molecular flexibility index (Phi) is 8.09. The summed E-state index contributed by atoms with van der Waals surface area (Å²) < 4.78 is 31.1. The Hall–Kier alpha value is 0.570. The standard InChI is InChI=1S/C9H15NO3S2.Na/c1-10(4-2-6-15(11,12)13)7-9-3-5-14-8-9;/h3,5,8H,2,4,6-7H2,1H3,(H,11,12,13);/q;+1/p-1. The van der Waals surface area contributed by atoms with Crippen molar-refractivity contribution in [3.8, 4) is 0 Å². The minimum absolute atomic E-state index is 0. The molecule has 0 aromatic carbocycles. The fraction of sp³-hybridized carbons (Fsp3) is 0.556. The first-order valence-corrected chi connectivity index (χ1v) is 7.12. The van der Waals surface area contributed by atoms with E-state index < -0.39 is 10.1 Å². The van der Waals surface area contributed by atoms with Gasteiger partial charge in [0.1, 0.15) is 0 Å². The van der Waals surface area contributed by atoms with E-state index in [0.29, 0.717) is 13.0 Å². The van der Waals surface area contributed by atoms with E-state index in [1.165, 1.54) is 5.56 Å². The second-order valence-electron chi connectivity index (χ2n) is 3.48. The summed E-state index contributed by atoms with van der Waals surface area (Å²) in [6.07, 6.45) is 0.395. The van der Waals surface area contributed by atoms with Crippen LogP contribution < -0.4 is 29.6 Å². The Morgan fingerprint density at radius 2 is 2.19 bits per heavy atom. The van der Waals surface area contributed by atoms with Gasteiger partial charge in [0, 0.05) is 12.3 Å². The van der Waals surface area contributed by atoms with Gasteiger partial charge < -0.3 is 9.45 Å². The molecule has 0 fully saturated rings. The van der Waals surface area contributed by atoms with Crippen molar-refractivity contribution in [2.24, 2.45) is 0 Å². The van der Waals surface area contributed by atoms with Crippen LogP contribution in [0.1, 0.15) is 12.0 Å². The van der Waals surface area contributed by atoms with Crippen molar-refractivity contribution < 1.29 is 42.5 Å². The molecule has 0 aliphatic carbocycles. The maximum Gasteiger partial charge on any atom is 1.00 e. The van der Waals surface area contributed by atoms with Gasteiger partial charge in [-0.05, 0) is 42.4 Å². The van der Waals surface area contributed by atoms with Gasteiger partial charge in [-0.3, -0.25) is 0 Å². The van der Waals surface area contributed by atoms with Crippen LogP contribution in [0.5, 0.6) is 0 Å². The van der Waals surface area contributed by atoms with Crippen molar-refractivity contribution in [2.75, 3.05) is 19.3 Å². The molecule has 4 nitrogen and oxygen atoms in total. The molecule has 1 aromatic heterocycles. The molecule has 0 aliphatic heterocycles. The zero-order valence-corrected chi connectivity index (χ0v) is 13.2. The molecule has 0 atom stereocenters. The second kappa shape index (κ2) is 7.81. The first-order valence-electron chi connectivity index (χ1n) is 4.60. The summed E-state index contributed by atoms with van der Waals surface area (Å²) in [6, 6.07) is 2.03. The molecule has 1 rings (SSSR count). The van der Waals surface area contributed by atoms with Crippen molar-refractivity contribution in [2.45, 2.75) is 13.0 Å². The number of nitrogens with zero attached hydrogens (tertiary/aromatic N) is 1. The third-order valence-corrected chi connectivity index (χ3v) is 3.49. The van der Waals surface area contributed by atoms with Crippen LogP contribution in [0, 0.1) is 0 Å². The Balaban J connectivity index is 0.00000225. The van der Waals surface area contributed by atoms with E-state index in [4.69, 9.17) is 0 Å². The average molecular weight is 271 g/mol. The normalized spacial score (nSPS) is 11.4. The third kappa shape index (κ3) is 7.78. The molecule has 7 heteroatoms. The summed E-state index contributed by atoms with van der Waals surface area (Å²) >= 11 is 1.64. The van der Waals surface area contributed by atoms with E-state index in [-0.39, 0.29) is 35.3 Å². The molecule has 0 amide bonds. The number of hydrogen-bond acceptors (Lipinski definition) is 5. The molecule has 0 N–H and O–H groups in total. The van der Waals surface area contributed by atoms with Crippen LogP contribution in [0.25, 0.3) is 0 Å². The molecule has 16 heavy (non-hydrogen) atoms. The van der Waals surface area contributed by atoms with Crippen LogP contribution in [-0.2, 0) is 16.7 Å². The fourth-order valence-electron chi connectivity index (χ4n) is 1.28. The summed E-state index contributed by atoms with van der Waals surface area (Å²) in [5.41, 5.74) is 1.22. The Morgan fingerprint density at radius 1 is 1.50 bits per heavy atom. The predicted molar refractivity (Wildman–Crippen MR) is 59.8 cm³/mol. The maximum atomic E-state index is 10.4. The van der Waals surface area contributed by atoms with Gasteiger partial charge in [-0.15, -0.1) is 0 Å². The van der Waals surface area contributed by atoms with E-state index >= 15 is 0 Å². The molecule has 0 saturated heterocycles. The zero-order chi connectivity index (χ0) is 11.3. The molecule has 1 aromatic rings. The quantitative estimate of drug-likeness (QED) is 0.449. The van der Waals surface area contributed by atoms with Crippen molar-refractivity contribution in [3.63, 3.8) is 0 Å². The van der Waals surface area contributed by atoms with E-state index in [2.05, 4.69) is 5.38 Å². The Bertz CT molecular complexity index is 377. The monoisotopic (exact) mass is 271 g/mol. The van der Waals surface area contributed by atoms with Crippen LogP contribution in [0.2, 0.25) is 0 Å². The first-order chi connectivity index (χ1) is 6.97. The summed E-state index contributed by atoms with van der Waals surface area (Å²) in [5, 5.41) is 4.06. The van der Waals surface area contributed by atoms with Gasteiger partial charge in [-0.25, -0.2) is 8.42 Å². The van der Waals surface area contributed by atoms with Gasteiger partial charge in [0.25, 0.3) is 0 Å². The first kappa shape index (κ1) is 16.6. The zero-order valence-electron chi connectivity index (χ0n) is 9.55. The summed E-state index contributed by atoms with van der Waals surface area (Å²) in [7, 11) is -2.14. The van der Waals surface area contributed by atoms with Gasteiger partial charge in [0.05, 0.1) is 10.1 Å². The van der Waals surface area contributed by atoms with E-state index in [0.717, 1.165) is 6.54 Å². The SMILES string of the molecule is CN(CCCS(=O)(=O)[O-])Cc1ccsc1.[Na+]. The van der Waals surface area contributed by atoms with Crippen LogP contribution >= 0.6 is 11.3 Å². The molecular weight excluding hydrogens is 257 g/mol.